The monoisotopic (exact) mass is 463 g/mol. The lowest BCUT2D eigenvalue weighted by Crippen LogP contribution is -2.61. The van der Waals surface area contributed by atoms with Gasteiger partial charge in [-0.25, -0.2) is 0 Å². The molecular weight excluding hydrogens is 430 g/mol. The average Bonchev–Trinajstić information content (AvgIpc) is 3.04. The number of ether oxygens (including phenoxy) is 1. The van der Waals surface area contributed by atoms with E-state index in [4.69, 9.17) is 15.0 Å². The molecule has 8 nitrogen and oxygen atoms in total. The second-order valence-corrected chi connectivity index (χ2v) is 12.4. The van der Waals surface area contributed by atoms with Gasteiger partial charge >= 0.3 is 0 Å². The molecule has 9 heteroatoms. The predicted octanol–water partition coefficient (Wildman–Crippen LogP) is 2.88. The number of nitrogens with one attached hydrogen (secondary N) is 1. The van der Waals surface area contributed by atoms with E-state index in [2.05, 4.69) is 10.5 Å². The largest absolute Gasteiger partial charge is 0.474 e. The number of rotatable bonds is 8. The van der Waals surface area contributed by atoms with Gasteiger partial charge in [0, 0.05) is 11.3 Å². The number of primary amides is 1. The second-order valence-electron chi connectivity index (χ2n) is 10.8. The fourth-order valence-electron chi connectivity index (χ4n) is 6.55. The Morgan fingerprint density at radius 1 is 1.28 bits per heavy atom. The fourth-order valence-corrected chi connectivity index (χ4v) is 7.45. The number of aromatic nitrogens is 1. The van der Waals surface area contributed by atoms with Crippen molar-refractivity contribution in [3.05, 3.63) is 5.76 Å². The van der Waals surface area contributed by atoms with Crippen LogP contribution in [0.4, 0.5) is 0 Å². The number of hydrogen-bond acceptors (Lipinski definition) is 7. The fraction of sp³-hybridized carbons (Fsp3) is 0.783. The van der Waals surface area contributed by atoms with Crippen molar-refractivity contribution < 1.29 is 24.0 Å². The molecule has 0 radical (unpaired) electrons. The summed E-state index contributed by atoms with van der Waals surface area (Å²) in [6, 6.07) is 0.0544. The van der Waals surface area contributed by atoms with E-state index in [1.54, 1.807) is 0 Å². The Morgan fingerprint density at radius 3 is 2.50 bits per heavy atom. The number of carbonyl (C=O) groups is 2. The molecule has 0 aliphatic heterocycles. The van der Waals surface area contributed by atoms with Gasteiger partial charge in [0.15, 0.2) is 0 Å². The van der Waals surface area contributed by atoms with Crippen LogP contribution in [0.15, 0.2) is 9.42 Å². The third kappa shape index (κ3) is 3.81. The van der Waals surface area contributed by atoms with Crippen molar-refractivity contribution in [1.29, 1.82) is 0 Å². The maximum absolute atomic E-state index is 13.3. The van der Waals surface area contributed by atoms with E-state index in [0.29, 0.717) is 35.5 Å². The maximum atomic E-state index is 13.3. The number of aliphatic hydroxyl groups is 1. The van der Waals surface area contributed by atoms with E-state index in [0.717, 1.165) is 38.5 Å². The van der Waals surface area contributed by atoms with E-state index in [9.17, 15) is 14.7 Å². The topological polar surface area (TPSA) is 128 Å². The quantitative estimate of drug-likeness (QED) is 0.506. The summed E-state index contributed by atoms with van der Waals surface area (Å²) in [5, 5.41) is 18.2. The zero-order chi connectivity index (χ0) is 22.7. The van der Waals surface area contributed by atoms with Gasteiger partial charge in [0.2, 0.25) is 11.7 Å². The van der Waals surface area contributed by atoms with Crippen LogP contribution in [0, 0.1) is 23.2 Å². The zero-order valence-corrected chi connectivity index (χ0v) is 19.6. The third-order valence-corrected chi connectivity index (χ3v) is 9.10. The van der Waals surface area contributed by atoms with Crippen LogP contribution in [-0.2, 0) is 4.79 Å². The molecule has 4 bridgehead atoms. The van der Waals surface area contributed by atoms with Gasteiger partial charge in [-0.05, 0) is 67.9 Å². The van der Waals surface area contributed by atoms with Crippen molar-refractivity contribution in [3.8, 4) is 5.88 Å². The molecule has 5 aliphatic rings. The first kappa shape index (κ1) is 22.1. The van der Waals surface area contributed by atoms with Crippen molar-refractivity contribution in [2.45, 2.75) is 87.0 Å². The van der Waals surface area contributed by atoms with Crippen molar-refractivity contribution in [2.75, 3.05) is 6.61 Å². The molecule has 1 aromatic heterocycles. The molecule has 5 fully saturated rings. The molecule has 0 aromatic carbocycles. The van der Waals surface area contributed by atoms with Gasteiger partial charge < -0.3 is 25.4 Å². The Morgan fingerprint density at radius 2 is 1.97 bits per heavy atom. The third-order valence-electron chi connectivity index (χ3n) is 8.04. The lowest BCUT2D eigenvalue weighted by Gasteiger charge is -2.58. The first-order chi connectivity index (χ1) is 15.2. The summed E-state index contributed by atoms with van der Waals surface area (Å²) in [5.74, 6) is 0.967. The lowest BCUT2D eigenvalue weighted by molar-refractivity contribution is -0.137. The molecule has 4 N–H and O–H groups in total. The van der Waals surface area contributed by atoms with Crippen molar-refractivity contribution >= 4 is 23.6 Å². The smallest absolute Gasteiger partial charge is 0.291 e. The predicted molar refractivity (Wildman–Crippen MR) is 118 cm³/mol. The summed E-state index contributed by atoms with van der Waals surface area (Å²) in [6.07, 6.45) is 6.93. The summed E-state index contributed by atoms with van der Waals surface area (Å²) < 4.78 is 11.4. The molecule has 32 heavy (non-hydrogen) atoms. The Labute approximate surface area is 192 Å². The van der Waals surface area contributed by atoms with Crippen LogP contribution in [0.5, 0.6) is 5.88 Å². The van der Waals surface area contributed by atoms with Gasteiger partial charge in [-0.3, -0.25) is 9.59 Å². The Kier molecular flexibility index (Phi) is 5.47. The van der Waals surface area contributed by atoms with Crippen LogP contribution in [0.3, 0.4) is 0 Å². The standard InChI is InChI=1S/C23H33N3O5S/c1-12(2)32-18-17(31-26-20(18)30-11-22(21(24)28)4-3-5-22)19(27)25-16-14-6-13-7-15(16)10-23(29,8-13)9-14/h12-16,29H,3-11H2,1-2H3,(H2,24,28)(H,25,27)/t13?,14?,15?,16-,23-. The minimum Gasteiger partial charge on any atom is -0.474 e. The van der Waals surface area contributed by atoms with Gasteiger partial charge in [0.05, 0.1) is 11.0 Å². The minimum absolute atomic E-state index is 0.0544. The van der Waals surface area contributed by atoms with E-state index < -0.39 is 11.0 Å². The molecule has 2 unspecified atom stereocenters. The molecule has 2 atom stereocenters. The van der Waals surface area contributed by atoms with E-state index in [1.807, 2.05) is 13.8 Å². The molecule has 5 saturated carbocycles. The molecular formula is C23H33N3O5S. The highest BCUT2D eigenvalue weighted by Gasteiger charge is 2.55. The second kappa shape index (κ2) is 7.94. The number of nitrogens with zero attached hydrogens (tertiary/aromatic N) is 1. The highest BCUT2D eigenvalue weighted by atomic mass is 32.2. The van der Waals surface area contributed by atoms with Gasteiger partial charge in [-0.1, -0.05) is 20.3 Å². The van der Waals surface area contributed by atoms with Crippen LogP contribution in [0.25, 0.3) is 0 Å². The Hall–Kier alpha value is -1.74. The first-order valence-electron chi connectivity index (χ1n) is 11.8. The van der Waals surface area contributed by atoms with Crippen LogP contribution in [0.1, 0.15) is 75.8 Å². The molecule has 1 heterocycles. The van der Waals surface area contributed by atoms with Crippen LogP contribution in [-0.4, -0.2) is 45.6 Å². The summed E-state index contributed by atoms with van der Waals surface area (Å²) >= 11 is 1.46. The molecule has 5 aliphatic carbocycles. The normalized spacial score (nSPS) is 34.4. The van der Waals surface area contributed by atoms with Crippen LogP contribution >= 0.6 is 11.8 Å². The molecule has 0 spiro atoms. The molecule has 6 rings (SSSR count). The zero-order valence-electron chi connectivity index (χ0n) is 18.8. The Balaban J connectivity index is 1.32. The van der Waals surface area contributed by atoms with Crippen molar-refractivity contribution in [1.82, 2.24) is 10.5 Å². The number of amides is 2. The molecule has 1 aromatic rings. The van der Waals surface area contributed by atoms with Crippen molar-refractivity contribution in [2.24, 2.45) is 28.9 Å². The molecule has 2 amide bonds. The van der Waals surface area contributed by atoms with E-state index in [1.165, 1.54) is 11.8 Å². The molecule has 0 saturated heterocycles. The maximum Gasteiger partial charge on any atom is 0.291 e. The van der Waals surface area contributed by atoms with Gasteiger partial charge in [0.25, 0.3) is 11.8 Å². The van der Waals surface area contributed by atoms with Crippen LogP contribution in [0.2, 0.25) is 0 Å². The van der Waals surface area contributed by atoms with Gasteiger partial charge in [0.1, 0.15) is 11.5 Å². The summed E-state index contributed by atoms with van der Waals surface area (Å²) in [4.78, 5) is 25.7. The number of thioether (sulfide) groups is 1. The highest BCUT2D eigenvalue weighted by Crippen LogP contribution is 2.55. The van der Waals surface area contributed by atoms with E-state index in [-0.39, 0.29) is 41.4 Å². The summed E-state index contributed by atoms with van der Waals surface area (Å²) in [6.45, 7) is 4.20. The summed E-state index contributed by atoms with van der Waals surface area (Å²) in [5.41, 5.74) is 4.40. The van der Waals surface area contributed by atoms with Crippen LogP contribution < -0.4 is 15.8 Å². The minimum atomic E-state index is -0.651. The number of hydrogen-bond donors (Lipinski definition) is 3. The summed E-state index contributed by atoms with van der Waals surface area (Å²) in [7, 11) is 0. The SMILES string of the molecule is CC(C)Sc1c(OCC2(C(N)=O)CCC2)noc1C(=O)N[C@H]1C2CC3CC1C[C@](O)(C3)C2. The number of nitrogens with two attached hydrogens (primary N) is 1. The lowest BCUT2D eigenvalue weighted by atomic mass is 9.52. The van der Waals surface area contributed by atoms with Gasteiger partial charge in [-0.2, -0.15) is 0 Å². The van der Waals surface area contributed by atoms with Crippen molar-refractivity contribution in [3.63, 3.8) is 0 Å². The number of carbonyl (C=O) groups excluding carboxylic acids is 2. The molecule has 176 valence electrons. The van der Waals surface area contributed by atoms with Gasteiger partial charge in [-0.15, -0.1) is 11.8 Å². The van der Waals surface area contributed by atoms with E-state index >= 15 is 0 Å². The average molecular weight is 464 g/mol. The highest BCUT2D eigenvalue weighted by molar-refractivity contribution is 8.00. The Bertz CT molecular complexity index is 895. The first-order valence-corrected chi connectivity index (χ1v) is 12.7.